The molecule has 2 amide bonds. The number of amides is 2. The number of aryl methyl sites for hydroxylation is 1. The molecule has 2 aliphatic rings. The van der Waals surface area contributed by atoms with Crippen LogP contribution in [0.25, 0.3) is 11.1 Å². The molecule has 11 nitrogen and oxygen atoms in total. The molecule has 1 aliphatic heterocycles. The largest absolute Gasteiger partial charge is 0.493 e. The highest BCUT2D eigenvalue weighted by atomic mass is 16.5. The lowest BCUT2D eigenvalue weighted by Gasteiger charge is -2.34. The van der Waals surface area contributed by atoms with E-state index in [0.29, 0.717) is 67.1 Å². The van der Waals surface area contributed by atoms with Gasteiger partial charge < -0.3 is 34.9 Å². The van der Waals surface area contributed by atoms with E-state index in [-0.39, 0.29) is 28.8 Å². The number of nitrogens with one attached hydrogen (secondary N) is 2. The Bertz CT molecular complexity index is 1450. The van der Waals surface area contributed by atoms with Crippen molar-refractivity contribution in [1.82, 2.24) is 10.2 Å². The summed E-state index contributed by atoms with van der Waals surface area (Å²) in [5.41, 5.74) is 2.88. The van der Waals surface area contributed by atoms with E-state index in [2.05, 4.69) is 10.6 Å². The number of rotatable bonds is 9. The van der Waals surface area contributed by atoms with Gasteiger partial charge in [0.25, 0.3) is 0 Å². The van der Waals surface area contributed by atoms with Crippen molar-refractivity contribution in [3.05, 3.63) is 45.6 Å². The average Bonchev–Trinajstić information content (AvgIpc) is 3.22. The first-order valence-corrected chi connectivity index (χ1v) is 14.6. The molecule has 1 saturated heterocycles. The van der Waals surface area contributed by atoms with Crippen LogP contribution in [0, 0.1) is 11.8 Å². The van der Waals surface area contributed by atoms with Crippen LogP contribution >= 0.6 is 0 Å². The summed E-state index contributed by atoms with van der Waals surface area (Å²) >= 11 is 0. The summed E-state index contributed by atoms with van der Waals surface area (Å²) in [4.78, 5) is 52.6. The molecular formula is C32H41N3O8. The first-order valence-electron chi connectivity index (χ1n) is 14.6. The monoisotopic (exact) mass is 595 g/mol. The first-order chi connectivity index (χ1) is 20.5. The molecule has 0 spiro atoms. The third kappa shape index (κ3) is 6.55. The predicted octanol–water partition coefficient (Wildman–Crippen LogP) is 3.62. The van der Waals surface area contributed by atoms with Gasteiger partial charge in [-0.3, -0.25) is 19.2 Å². The second-order valence-corrected chi connectivity index (χ2v) is 11.4. The minimum Gasteiger partial charge on any atom is -0.493 e. The molecule has 1 fully saturated rings. The number of hydrogen-bond donors (Lipinski definition) is 3. The number of nitrogens with zero attached hydrogens (tertiary/aromatic N) is 1. The zero-order chi connectivity index (χ0) is 31.4. The van der Waals surface area contributed by atoms with Crippen molar-refractivity contribution in [2.75, 3.05) is 39.7 Å². The van der Waals surface area contributed by atoms with E-state index >= 15 is 0 Å². The first kappa shape index (κ1) is 31.7. The molecule has 1 heterocycles. The molecule has 2 aromatic carbocycles. The molecule has 0 radical (unpaired) electrons. The van der Waals surface area contributed by atoms with Gasteiger partial charge in [-0.05, 0) is 66.5 Å². The topological polar surface area (TPSA) is 144 Å². The van der Waals surface area contributed by atoms with Gasteiger partial charge in [0, 0.05) is 25.6 Å². The molecule has 4 rings (SSSR count). The maximum Gasteiger partial charge on any atom is 0.306 e. The number of ether oxygens (including phenoxy) is 3. The van der Waals surface area contributed by atoms with Crippen molar-refractivity contribution in [2.45, 2.75) is 58.5 Å². The number of carboxylic acids is 1. The van der Waals surface area contributed by atoms with Gasteiger partial charge in [-0.15, -0.1) is 0 Å². The Hall–Kier alpha value is -4.28. The summed E-state index contributed by atoms with van der Waals surface area (Å²) in [6, 6.07) is 5.73. The number of fused-ring (bicyclic) bond motifs is 3. The molecular weight excluding hydrogens is 554 g/mol. The molecule has 2 aromatic rings. The van der Waals surface area contributed by atoms with Gasteiger partial charge in [0.2, 0.25) is 23.0 Å². The van der Waals surface area contributed by atoms with E-state index in [1.165, 1.54) is 20.1 Å². The van der Waals surface area contributed by atoms with Crippen molar-refractivity contribution in [2.24, 2.45) is 11.8 Å². The van der Waals surface area contributed by atoms with Gasteiger partial charge in [0.1, 0.15) is 6.04 Å². The van der Waals surface area contributed by atoms with Crippen LogP contribution in [0.3, 0.4) is 0 Å². The van der Waals surface area contributed by atoms with E-state index in [9.17, 15) is 24.3 Å². The Balaban J connectivity index is 1.81. The van der Waals surface area contributed by atoms with Crippen LogP contribution < -0.4 is 30.3 Å². The fraction of sp³-hybridized carbons (Fsp3) is 0.500. The lowest BCUT2D eigenvalue weighted by molar-refractivity contribution is -0.146. The highest BCUT2D eigenvalue weighted by Crippen LogP contribution is 2.50. The number of piperidine rings is 1. The van der Waals surface area contributed by atoms with Crippen molar-refractivity contribution in [3.63, 3.8) is 0 Å². The molecule has 0 saturated carbocycles. The van der Waals surface area contributed by atoms with Crippen LogP contribution in [-0.2, 0) is 20.8 Å². The number of carbonyl (C=O) groups is 3. The molecule has 0 unspecified atom stereocenters. The molecule has 232 valence electrons. The Kier molecular flexibility index (Phi) is 9.83. The zero-order valence-corrected chi connectivity index (χ0v) is 25.6. The lowest BCUT2D eigenvalue weighted by atomic mass is 9.95. The molecule has 0 bridgehead atoms. The van der Waals surface area contributed by atoms with Crippen LogP contribution in [0.1, 0.15) is 57.2 Å². The normalized spacial score (nSPS) is 17.2. The third-order valence-corrected chi connectivity index (χ3v) is 8.32. The quantitative estimate of drug-likeness (QED) is 0.396. The van der Waals surface area contributed by atoms with E-state index in [1.807, 2.05) is 26.0 Å². The molecule has 2 atom stereocenters. The average molecular weight is 596 g/mol. The Morgan fingerprint density at radius 2 is 1.65 bits per heavy atom. The van der Waals surface area contributed by atoms with Crippen molar-refractivity contribution >= 4 is 23.5 Å². The summed E-state index contributed by atoms with van der Waals surface area (Å²) < 4.78 is 17.1. The molecule has 11 heteroatoms. The van der Waals surface area contributed by atoms with Crippen molar-refractivity contribution < 1.29 is 33.7 Å². The van der Waals surface area contributed by atoms with Crippen LogP contribution in [0.2, 0.25) is 0 Å². The van der Waals surface area contributed by atoms with Gasteiger partial charge in [-0.25, -0.2) is 0 Å². The number of likely N-dealkylation sites (tertiary alicyclic amines) is 1. The summed E-state index contributed by atoms with van der Waals surface area (Å²) in [7, 11) is 4.62. The number of hydrogen-bond acceptors (Lipinski definition) is 8. The number of methoxy groups -OCH3 is 3. The van der Waals surface area contributed by atoms with Crippen molar-refractivity contribution in [1.29, 1.82) is 0 Å². The van der Waals surface area contributed by atoms with E-state index < -0.39 is 24.0 Å². The third-order valence-electron chi connectivity index (χ3n) is 8.32. The van der Waals surface area contributed by atoms with Crippen LogP contribution in [-0.4, -0.2) is 68.3 Å². The van der Waals surface area contributed by atoms with E-state index in [0.717, 1.165) is 11.1 Å². The standard InChI is InChI=1S/C32H41N3O8/c1-17(2)28(31(38)35-13-11-19(12-14-35)32(39)40)34-24-10-8-21-22(16-25(24)37)23(33-18(3)36)9-7-20-15-26(41-4)29(42-5)30(43-6)27(20)21/h8,10,15-17,19,23,28H,7,9,11-14H2,1-6H3,(H,33,36)(H,34,37)(H,39,40)/t23-,28-/m0/s1. The van der Waals surface area contributed by atoms with Crippen LogP contribution in [0.5, 0.6) is 17.2 Å². The zero-order valence-electron chi connectivity index (χ0n) is 25.6. The van der Waals surface area contributed by atoms with Crippen LogP contribution in [0.4, 0.5) is 5.69 Å². The molecule has 0 aromatic heterocycles. The predicted molar refractivity (Wildman–Crippen MR) is 162 cm³/mol. The minimum absolute atomic E-state index is 0.155. The van der Waals surface area contributed by atoms with Gasteiger partial charge >= 0.3 is 5.97 Å². The molecule has 3 N–H and O–H groups in total. The molecule has 43 heavy (non-hydrogen) atoms. The smallest absolute Gasteiger partial charge is 0.306 e. The Morgan fingerprint density at radius 1 is 0.977 bits per heavy atom. The maximum atomic E-state index is 13.8. The fourth-order valence-corrected chi connectivity index (χ4v) is 6.05. The van der Waals surface area contributed by atoms with Crippen molar-refractivity contribution in [3.8, 4) is 28.4 Å². The van der Waals surface area contributed by atoms with Gasteiger partial charge in [-0.2, -0.15) is 0 Å². The van der Waals surface area contributed by atoms with E-state index in [4.69, 9.17) is 14.2 Å². The second kappa shape index (κ2) is 13.4. The summed E-state index contributed by atoms with van der Waals surface area (Å²) in [5.74, 6) is -0.476. The van der Waals surface area contributed by atoms with Gasteiger partial charge in [-0.1, -0.05) is 19.9 Å². The summed E-state index contributed by atoms with van der Waals surface area (Å²) in [6.45, 7) is 5.94. The maximum absolute atomic E-state index is 13.8. The number of anilines is 1. The number of carbonyl (C=O) groups excluding carboxylic acids is 2. The summed E-state index contributed by atoms with van der Waals surface area (Å²) in [6.07, 6.45) is 1.90. The number of benzene rings is 1. The van der Waals surface area contributed by atoms with Crippen LogP contribution in [0.15, 0.2) is 29.1 Å². The number of aliphatic carboxylic acids is 1. The number of carboxylic acid groups (broad SMARTS) is 1. The molecule has 1 aliphatic carbocycles. The van der Waals surface area contributed by atoms with Gasteiger partial charge in [0.15, 0.2) is 11.5 Å². The lowest BCUT2D eigenvalue weighted by Crippen LogP contribution is -2.49. The Morgan fingerprint density at radius 3 is 2.21 bits per heavy atom. The summed E-state index contributed by atoms with van der Waals surface area (Å²) in [5, 5.41) is 15.5. The highest BCUT2D eigenvalue weighted by molar-refractivity contribution is 5.86. The minimum atomic E-state index is -0.843. The fourth-order valence-electron chi connectivity index (χ4n) is 6.05. The second-order valence-electron chi connectivity index (χ2n) is 11.4. The highest BCUT2D eigenvalue weighted by Gasteiger charge is 2.33. The van der Waals surface area contributed by atoms with E-state index in [1.54, 1.807) is 25.2 Å². The SMILES string of the molecule is COc1cc2c(c(OC)c1OC)-c1ccc(N[C@H](C(=O)N3CCC(C(=O)O)CC3)C(C)C)c(=O)cc1[C@@H](NC(C)=O)CC2. The van der Waals surface area contributed by atoms with Gasteiger partial charge in [0.05, 0.1) is 39.0 Å². The Labute approximate surface area is 251 Å².